The predicted molar refractivity (Wildman–Crippen MR) is 80.2 cm³/mol. The molecule has 0 fully saturated rings. The molecule has 0 aliphatic heterocycles. The van der Waals surface area contributed by atoms with E-state index in [1.165, 1.54) is 24.3 Å². The highest BCUT2D eigenvalue weighted by Gasteiger charge is 2.11. The van der Waals surface area contributed by atoms with Crippen LogP contribution in [0.3, 0.4) is 0 Å². The summed E-state index contributed by atoms with van der Waals surface area (Å²) in [5, 5.41) is 3.17. The van der Waals surface area contributed by atoms with E-state index in [1.54, 1.807) is 18.2 Å². The Labute approximate surface area is 133 Å². The Morgan fingerprint density at radius 2 is 2.00 bits per heavy atom. The van der Waals surface area contributed by atoms with Gasteiger partial charge in [0.25, 0.3) is 5.91 Å². The summed E-state index contributed by atoms with van der Waals surface area (Å²) < 4.78 is 29.2. The zero-order chi connectivity index (χ0) is 15.4. The fraction of sp³-hybridized carbons (Fsp3) is 0.0714. The fourth-order valence-corrected chi connectivity index (χ4v) is 2.38. The van der Waals surface area contributed by atoms with Crippen LogP contribution in [0.15, 0.2) is 46.9 Å². The van der Waals surface area contributed by atoms with Gasteiger partial charge < -0.3 is 10.1 Å². The number of hydrogen-bond acceptors (Lipinski definition) is 2. The number of ether oxygens (including phenoxy) is 1. The van der Waals surface area contributed by atoms with Crippen LogP contribution in [0.25, 0.3) is 0 Å². The van der Waals surface area contributed by atoms with Crippen LogP contribution >= 0.6 is 27.5 Å². The Morgan fingerprint density at radius 1 is 1.24 bits per heavy atom. The standard InChI is InChI=1S/C14H9BrClF2NO2/c15-11-7-9(16)4-5-12(11)19-13(20)8-2-1-3-10(6-8)21-14(17)18/h1-7,14H,(H,19,20). The van der Waals surface area contributed by atoms with Gasteiger partial charge in [-0.3, -0.25) is 4.79 Å². The molecule has 1 amide bonds. The van der Waals surface area contributed by atoms with E-state index in [9.17, 15) is 13.6 Å². The summed E-state index contributed by atoms with van der Waals surface area (Å²) in [7, 11) is 0. The molecular weight excluding hydrogens is 368 g/mol. The van der Waals surface area contributed by atoms with Crippen molar-refractivity contribution < 1.29 is 18.3 Å². The third-order valence-electron chi connectivity index (χ3n) is 2.50. The fourth-order valence-electron chi connectivity index (χ4n) is 1.60. The molecule has 110 valence electrons. The Hall–Kier alpha value is -1.66. The first-order chi connectivity index (χ1) is 9.95. The van der Waals surface area contributed by atoms with Crippen molar-refractivity contribution in [3.05, 3.63) is 57.5 Å². The van der Waals surface area contributed by atoms with Crippen LogP contribution in [0.2, 0.25) is 5.02 Å². The normalized spacial score (nSPS) is 10.5. The average Bonchev–Trinajstić information content (AvgIpc) is 2.41. The second-order valence-corrected chi connectivity index (χ2v) is 5.28. The molecule has 21 heavy (non-hydrogen) atoms. The number of alkyl halides is 2. The molecule has 0 heterocycles. The minimum Gasteiger partial charge on any atom is -0.435 e. The first-order valence-electron chi connectivity index (χ1n) is 5.77. The minimum absolute atomic E-state index is 0.0761. The van der Waals surface area contributed by atoms with Gasteiger partial charge in [0, 0.05) is 15.1 Å². The van der Waals surface area contributed by atoms with Crippen LogP contribution in [-0.2, 0) is 0 Å². The lowest BCUT2D eigenvalue weighted by Crippen LogP contribution is -2.12. The summed E-state index contributed by atoms with van der Waals surface area (Å²) in [4.78, 5) is 12.1. The summed E-state index contributed by atoms with van der Waals surface area (Å²) in [5.41, 5.74) is 0.722. The highest BCUT2D eigenvalue weighted by atomic mass is 79.9. The molecule has 0 aromatic heterocycles. The Kier molecular flexibility index (Phi) is 5.14. The van der Waals surface area contributed by atoms with Crippen molar-refractivity contribution in [1.29, 1.82) is 0 Å². The van der Waals surface area contributed by atoms with Gasteiger partial charge in [0.1, 0.15) is 5.75 Å². The van der Waals surface area contributed by atoms with Crippen molar-refractivity contribution >= 4 is 39.1 Å². The maximum absolute atomic E-state index is 12.1. The Morgan fingerprint density at radius 3 is 2.67 bits per heavy atom. The van der Waals surface area contributed by atoms with Crippen LogP contribution in [0.1, 0.15) is 10.4 Å². The van der Waals surface area contributed by atoms with Gasteiger partial charge in [0.2, 0.25) is 0 Å². The minimum atomic E-state index is -2.94. The number of carbonyl (C=O) groups excluding carboxylic acids is 1. The van der Waals surface area contributed by atoms with E-state index in [1.807, 2.05) is 0 Å². The van der Waals surface area contributed by atoms with Crippen molar-refractivity contribution in [2.75, 3.05) is 5.32 Å². The molecule has 2 aromatic rings. The summed E-state index contributed by atoms with van der Waals surface area (Å²) >= 11 is 9.08. The molecule has 0 aliphatic rings. The van der Waals surface area contributed by atoms with Crippen molar-refractivity contribution in [2.45, 2.75) is 6.61 Å². The molecule has 2 aromatic carbocycles. The van der Waals surface area contributed by atoms with Gasteiger partial charge in [-0.05, 0) is 52.3 Å². The number of halogens is 4. The number of rotatable bonds is 4. The zero-order valence-electron chi connectivity index (χ0n) is 10.4. The van der Waals surface area contributed by atoms with Crippen LogP contribution in [0.4, 0.5) is 14.5 Å². The quantitative estimate of drug-likeness (QED) is 0.819. The molecule has 0 spiro atoms. The molecule has 7 heteroatoms. The molecule has 2 rings (SSSR count). The van der Waals surface area contributed by atoms with E-state index in [0.29, 0.717) is 15.2 Å². The largest absolute Gasteiger partial charge is 0.435 e. The topological polar surface area (TPSA) is 38.3 Å². The van der Waals surface area contributed by atoms with E-state index in [4.69, 9.17) is 11.6 Å². The van der Waals surface area contributed by atoms with E-state index < -0.39 is 12.5 Å². The maximum atomic E-state index is 12.1. The molecule has 0 saturated heterocycles. The van der Waals surface area contributed by atoms with Gasteiger partial charge in [0.15, 0.2) is 0 Å². The first kappa shape index (κ1) is 15.7. The molecule has 0 atom stereocenters. The Bertz CT molecular complexity index is 667. The number of carbonyl (C=O) groups is 1. The SMILES string of the molecule is O=C(Nc1ccc(Cl)cc1Br)c1cccc(OC(F)F)c1. The number of amides is 1. The monoisotopic (exact) mass is 375 g/mol. The third kappa shape index (κ3) is 4.41. The lowest BCUT2D eigenvalue weighted by molar-refractivity contribution is -0.0498. The Balaban J connectivity index is 2.16. The van der Waals surface area contributed by atoms with E-state index in [2.05, 4.69) is 26.0 Å². The van der Waals surface area contributed by atoms with E-state index in [0.717, 1.165) is 0 Å². The second-order valence-electron chi connectivity index (χ2n) is 3.98. The van der Waals surface area contributed by atoms with Gasteiger partial charge in [-0.15, -0.1) is 0 Å². The van der Waals surface area contributed by atoms with Gasteiger partial charge in [-0.2, -0.15) is 8.78 Å². The molecule has 0 radical (unpaired) electrons. The van der Waals surface area contributed by atoms with E-state index >= 15 is 0 Å². The summed E-state index contributed by atoms with van der Waals surface area (Å²) in [5.74, 6) is -0.523. The van der Waals surface area contributed by atoms with Crippen molar-refractivity contribution in [2.24, 2.45) is 0 Å². The highest BCUT2D eigenvalue weighted by molar-refractivity contribution is 9.10. The molecule has 0 unspecified atom stereocenters. The predicted octanol–water partition coefficient (Wildman–Crippen LogP) is 4.96. The van der Waals surface area contributed by atoms with Gasteiger partial charge in [-0.1, -0.05) is 17.7 Å². The smallest absolute Gasteiger partial charge is 0.387 e. The number of benzene rings is 2. The molecule has 0 saturated carbocycles. The van der Waals surface area contributed by atoms with Crippen LogP contribution < -0.4 is 10.1 Å². The average molecular weight is 377 g/mol. The molecule has 1 N–H and O–H groups in total. The van der Waals surface area contributed by atoms with Crippen LogP contribution in [-0.4, -0.2) is 12.5 Å². The second kappa shape index (κ2) is 6.87. The number of hydrogen-bond donors (Lipinski definition) is 1. The molecular formula is C14H9BrClF2NO2. The highest BCUT2D eigenvalue weighted by Crippen LogP contribution is 2.26. The van der Waals surface area contributed by atoms with Crippen LogP contribution in [0, 0.1) is 0 Å². The number of anilines is 1. The number of nitrogens with one attached hydrogen (secondary N) is 1. The molecule has 0 aliphatic carbocycles. The molecule has 3 nitrogen and oxygen atoms in total. The molecule has 0 bridgehead atoms. The van der Waals surface area contributed by atoms with Gasteiger partial charge in [0.05, 0.1) is 5.69 Å². The van der Waals surface area contributed by atoms with Gasteiger partial charge >= 0.3 is 6.61 Å². The van der Waals surface area contributed by atoms with Gasteiger partial charge in [-0.25, -0.2) is 0 Å². The van der Waals surface area contributed by atoms with E-state index in [-0.39, 0.29) is 11.3 Å². The first-order valence-corrected chi connectivity index (χ1v) is 6.94. The van der Waals surface area contributed by atoms with Crippen LogP contribution in [0.5, 0.6) is 5.75 Å². The van der Waals surface area contributed by atoms with Crippen molar-refractivity contribution in [3.8, 4) is 5.75 Å². The van der Waals surface area contributed by atoms with Crippen molar-refractivity contribution in [1.82, 2.24) is 0 Å². The lowest BCUT2D eigenvalue weighted by atomic mass is 10.2. The maximum Gasteiger partial charge on any atom is 0.387 e. The summed E-state index contributed by atoms with van der Waals surface area (Å²) in [6, 6.07) is 10.4. The van der Waals surface area contributed by atoms with Crippen molar-refractivity contribution in [3.63, 3.8) is 0 Å². The summed E-state index contributed by atoms with van der Waals surface area (Å²) in [6.07, 6.45) is 0. The third-order valence-corrected chi connectivity index (χ3v) is 3.39. The zero-order valence-corrected chi connectivity index (χ0v) is 12.8. The summed E-state index contributed by atoms with van der Waals surface area (Å²) in [6.45, 7) is -2.94. The lowest BCUT2D eigenvalue weighted by Gasteiger charge is -2.09.